The lowest BCUT2D eigenvalue weighted by atomic mass is 9.87. The topological polar surface area (TPSA) is 56.8 Å². The predicted octanol–water partition coefficient (Wildman–Crippen LogP) is 5.23. The molecule has 2 aromatic carbocycles. The third-order valence-electron chi connectivity index (χ3n) is 6.64. The van der Waals surface area contributed by atoms with Gasteiger partial charge in [-0.1, -0.05) is 39.0 Å². The Morgan fingerprint density at radius 3 is 2.35 bits per heavy atom. The summed E-state index contributed by atoms with van der Waals surface area (Å²) in [5.74, 6) is 0.924. The Morgan fingerprint density at radius 1 is 1.06 bits per heavy atom. The molecule has 0 radical (unpaired) electrons. The second kappa shape index (κ2) is 11.1. The Bertz CT molecular complexity index is 960. The largest absolute Gasteiger partial charge is 0.489 e. The standard InChI is InChI=1S/C27H37BrN4O2/c1-27(2,3)21-5-7-22(8-6-21)30-26(33)32-16-14-31(15-17-32)19-20-4-9-25(24(28)18-20)34-23-10-12-29-13-11-23/h4-9,18,23,29H,10-17,19H2,1-3H3,(H,30,33). The fraction of sp³-hybridized carbons (Fsp3) is 0.519. The van der Waals surface area contributed by atoms with Crippen LogP contribution in [0, 0.1) is 0 Å². The minimum Gasteiger partial charge on any atom is -0.489 e. The van der Waals surface area contributed by atoms with Crippen molar-refractivity contribution in [3.8, 4) is 5.75 Å². The van der Waals surface area contributed by atoms with Crippen LogP contribution in [0.1, 0.15) is 44.7 Å². The van der Waals surface area contributed by atoms with E-state index in [0.29, 0.717) is 6.10 Å². The smallest absolute Gasteiger partial charge is 0.321 e. The maximum atomic E-state index is 12.7. The number of ether oxygens (including phenoxy) is 1. The molecule has 2 N–H and O–H groups in total. The van der Waals surface area contributed by atoms with Crippen molar-refractivity contribution in [1.82, 2.24) is 15.1 Å². The summed E-state index contributed by atoms with van der Waals surface area (Å²) in [6.07, 6.45) is 2.39. The first kappa shape index (κ1) is 25.0. The summed E-state index contributed by atoms with van der Waals surface area (Å²) in [6.45, 7) is 12.7. The lowest BCUT2D eigenvalue weighted by Crippen LogP contribution is -2.49. The van der Waals surface area contributed by atoms with Crippen LogP contribution in [-0.2, 0) is 12.0 Å². The summed E-state index contributed by atoms with van der Waals surface area (Å²) < 4.78 is 7.20. The minimum atomic E-state index is -0.0229. The third kappa shape index (κ3) is 6.74. The van der Waals surface area contributed by atoms with Gasteiger partial charge in [-0.3, -0.25) is 4.90 Å². The molecule has 184 valence electrons. The van der Waals surface area contributed by atoms with E-state index in [4.69, 9.17) is 4.74 Å². The Hall–Kier alpha value is -2.09. The number of hydrogen-bond acceptors (Lipinski definition) is 4. The van der Waals surface area contributed by atoms with E-state index in [9.17, 15) is 4.79 Å². The molecule has 0 aromatic heterocycles. The zero-order valence-electron chi connectivity index (χ0n) is 20.6. The molecular formula is C27H37BrN4O2. The van der Waals surface area contributed by atoms with Gasteiger partial charge in [0.2, 0.25) is 0 Å². The predicted molar refractivity (Wildman–Crippen MR) is 142 cm³/mol. The molecule has 2 heterocycles. The van der Waals surface area contributed by atoms with Crippen LogP contribution >= 0.6 is 15.9 Å². The maximum Gasteiger partial charge on any atom is 0.321 e. The van der Waals surface area contributed by atoms with E-state index in [1.54, 1.807) is 0 Å². The highest BCUT2D eigenvalue weighted by molar-refractivity contribution is 9.10. The van der Waals surface area contributed by atoms with Gasteiger partial charge in [0, 0.05) is 38.4 Å². The highest BCUT2D eigenvalue weighted by Crippen LogP contribution is 2.29. The zero-order chi connectivity index (χ0) is 24.1. The number of amides is 2. The number of rotatable bonds is 5. The fourth-order valence-electron chi connectivity index (χ4n) is 4.45. The van der Waals surface area contributed by atoms with Gasteiger partial charge in [0.1, 0.15) is 11.9 Å². The molecule has 6 nitrogen and oxygen atoms in total. The van der Waals surface area contributed by atoms with Crippen LogP contribution in [0.4, 0.5) is 10.5 Å². The van der Waals surface area contributed by atoms with Gasteiger partial charge in [0.25, 0.3) is 0 Å². The van der Waals surface area contributed by atoms with Crippen LogP contribution in [0.25, 0.3) is 0 Å². The van der Waals surface area contributed by atoms with E-state index in [1.165, 1.54) is 11.1 Å². The van der Waals surface area contributed by atoms with Crippen molar-refractivity contribution >= 4 is 27.6 Å². The number of piperazine rings is 1. The van der Waals surface area contributed by atoms with Crippen LogP contribution < -0.4 is 15.4 Å². The van der Waals surface area contributed by atoms with Gasteiger partial charge < -0.3 is 20.3 Å². The molecule has 0 bridgehead atoms. The Kier molecular flexibility index (Phi) is 8.17. The van der Waals surface area contributed by atoms with Gasteiger partial charge in [0.15, 0.2) is 0 Å². The highest BCUT2D eigenvalue weighted by Gasteiger charge is 2.22. The number of anilines is 1. The van der Waals surface area contributed by atoms with E-state index in [0.717, 1.165) is 74.6 Å². The summed E-state index contributed by atoms with van der Waals surface area (Å²) in [5, 5.41) is 6.42. The molecule has 0 spiro atoms. The van der Waals surface area contributed by atoms with Crippen molar-refractivity contribution in [3.05, 3.63) is 58.1 Å². The van der Waals surface area contributed by atoms with Crippen LogP contribution in [0.15, 0.2) is 46.9 Å². The van der Waals surface area contributed by atoms with Gasteiger partial charge in [-0.05, 0) is 82.7 Å². The van der Waals surface area contributed by atoms with Crippen molar-refractivity contribution < 1.29 is 9.53 Å². The van der Waals surface area contributed by atoms with Crippen molar-refractivity contribution in [2.75, 3.05) is 44.6 Å². The second-order valence-corrected chi connectivity index (χ2v) is 11.2. The first-order valence-corrected chi connectivity index (χ1v) is 13.1. The minimum absolute atomic E-state index is 0.0229. The van der Waals surface area contributed by atoms with Crippen molar-refractivity contribution in [3.63, 3.8) is 0 Å². The molecule has 0 aliphatic carbocycles. The molecule has 4 rings (SSSR count). The van der Waals surface area contributed by atoms with E-state index >= 15 is 0 Å². The summed E-state index contributed by atoms with van der Waals surface area (Å²) in [4.78, 5) is 17.0. The molecule has 2 aliphatic heterocycles. The first-order valence-electron chi connectivity index (χ1n) is 12.3. The zero-order valence-corrected chi connectivity index (χ0v) is 22.2. The molecule has 34 heavy (non-hydrogen) atoms. The average molecular weight is 530 g/mol. The number of urea groups is 1. The third-order valence-corrected chi connectivity index (χ3v) is 7.26. The van der Waals surface area contributed by atoms with Crippen molar-refractivity contribution in [1.29, 1.82) is 0 Å². The lowest BCUT2D eigenvalue weighted by molar-refractivity contribution is 0.142. The normalized spacial score (nSPS) is 18.1. The fourth-order valence-corrected chi connectivity index (χ4v) is 4.97. The Labute approximate surface area is 212 Å². The van der Waals surface area contributed by atoms with Gasteiger partial charge in [0.05, 0.1) is 4.47 Å². The maximum absolute atomic E-state index is 12.7. The van der Waals surface area contributed by atoms with Crippen LogP contribution in [0.3, 0.4) is 0 Å². The monoisotopic (exact) mass is 528 g/mol. The summed E-state index contributed by atoms with van der Waals surface area (Å²) in [7, 11) is 0. The summed E-state index contributed by atoms with van der Waals surface area (Å²) >= 11 is 3.69. The number of piperidine rings is 1. The van der Waals surface area contributed by atoms with Crippen molar-refractivity contribution in [2.45, 2.75) is 51.7 Å². The van der Waals surface area contributed by atoms with Gasteiger partial charge in [-0.25, -0.2) is 4.79 Å². The Balaban J connectivity index is 1.24. The highest BCUT2D eigenvalue weighted by atomic mass is 79.9. The average Bonchev–Trinajstić information content (AvgIpc) is 2.82. The van der Waals surface area contributed by atoms with Gasteiger partial charge in [-0.2, -0.15) is 0 Å². The number of nitrogens with one attached hydrogen (secondary N) is 2. The van der Waals surface area contributed by atoms with Crippen LogP contribution in [-0.4, -0.2) is 61.2 Å². The number of carbonyl (C=O) groups excluding carboxylic acids is 1. The number of halogens is 1. The number of benzene rings is 2. The molecule has 0 unspecified atom stereocenters. The summed E-state index contributed by atoms with van der Waals surface area (Å²) in [5.41, 5.74) is 3.46. The summed E-state index contributed by atoms with van der Waals surface area (Å²) in [6, 6.07) is 14.5. The van der Waals surface area contributed by atoms with E-state index < -0.39 is 0 Å². The molecule has 2 saturated heterocycles. The lowest BCUT2D eigenvalue weighted by Gasteiger charge is -2.34. The Morgan fingerprint density at radius 2 is 1.74 bits per heavy atom. The van der Waals surface area contributed by atoms with E-state index in [1.807, 2.05) is 17.0 Å². The van der Waals surface area contributed by atoms with Gasteiger partial charge >= 0.3 is 6.03 Å². The van der Waals surface area contributed by atoms with E-state index in [-0.39, 0.29) is 11.4 Å². The molecule has 0 atom stereocenters. The second-order valence-electron chi connectivity index (χ2n) is 10.4. The molecule has 2 aromatic rings. The van der Waals surface area contributed by atoms with E-state index in [2.05, 4.69) is 82.6 Å². The van der Waals surface area contributed by atoms with Crippen molar-refractivity contribution in [2.24, 2.45) is 0 Å². The number of nitrogens with zero attached hydrogens (tertiary/aromatic N) is 2. The SMILES string of the molecule is CC(C)(C)c1ccc(NC(=O)N2CCN(Cc3ccc(OC4CCNCC4)c(Br)c3)CC2)cc1. The van der Waals surface area contributed by atoms with Gasteiger partial charge in [-0.15, -0.1) is 0 Å². The molecule has 7 heteroatoms. The first-order chi connectivity index (χ1) is 16.3. The number of carbonyl (C=O) groups is 1. The number of hydrogen-bond donors (Lipinski definition) is 2. The van der Waals surface area contributed by atoms with Crippen LogP contribution in [0.2, 0.25) is 0 Å². The quantitative estimate of drug-likeness (QED) is 0.557. The van der Waals surface area contributed by atoms with Crippen LogP contribution in [0.5, 0.6) is 5.75 Å². The molecule has 0 saturated carbocycles. The molecular weight excluding hydrogens is 492 g/mol. The molecule has 2 fully saturated rings. The molecule has 2 aliphatic rings. The molecule has 2 amide bonds.